The standard InChI is InChI=1S/C16H23N3/c1-19-9-13-4-5-15(14(13)10-19)18-16-8-12(6-7-17-16)11-2-3-11/h6-8,11,13-15H,2-5,9-10H2,1H3,(H,17,18)/t13-,14+,15?/m0/s1. The minimum absolute atomic E-state index is 0.636. The van der Waals surface area contributed by atoms with Crippen LogP contribution in [-0.2, 0) is 0 Å². The van der Waals surface area contributed by atoms with E-state index >= 15 is 0 Å². The summed E-state index contributed by atoms with van der Waals surface area (Å²) in [6.45, 7) is 2.54. The Kier molecular flexibility index (Phi) is 2.76. The first-order chi connectivity index (χ1) is 9.29. The van der Waals surface area contributed by atoms with E-state index in [2.05, 4.69) is 34.4 Å². The van der Waals surface area contributed by atoms with Crippen molar-refractivity contribution in [1.82, 2.24) is 9.88 Å². The summed E-state index contributed by atoms with van der Waals surface area (Å²) in [7, 11) is 2.25. The first-order valence-electron chi connectivity index (χ1n) is 7.70. The van der Waals surface area contributed by atoms with E-state index in [1.807, 2.05) is 6.20 Å². The first-order valence-corrected chi connectivity index (χ1v) is 7.70. The number of anilines is 1. The number of fused-ring (bicyclic) bond motifs is 1. The topological polar surface area (TPSA) is 28.2 Å². The average molecular weight is 257 g/mol. The zero-order valence-corrected chi connectivity index (χ0v) is 11.7. The zero-order valence-electron chi connectivity index (χ0n) is 11.7. The van der Waals surface area contributed by atoms with Gasteiger partial charge in [-0.15, -0.1) is 0 Å². The molecule has 0 amide bonds. The molecule has 0 aromatic carbocycles. The number of rotatable bonds is 3. The summed E-state index contributed by atoms with van der Waals surface area (Å²) < 4.78 is 0. The largest absolute Gasteiger partial charge is 0.367 e. The van der Waals surface area contributed by atoms with Crippen molar-refractivity contribution in [3.63, 3.8) is 0 Å². The minimum Gasteiger partial charge on any atom is -0.367 e. The molecule has 3 heteroatoms. The van der Waals surface area contributed by atoms with Crippen molar-refractivity contribution in [3.05, 3.63) is 23.9 Å². The Hall–Kier alpha value is -1.09. The lowest BCUT2D eigenvalue weighted by Crippen LogP contribution is -2.29. The van der Waals surface area contributed by atoms with E-state index in [4.69, 9.17) is 0 Å². The monoisotopic (exact) mass is 257 g/mol. The average Bonchev–Trinajstić information content (AvgIpc) is 3.11. The molecule has 3 aliphatic rings. The molecule has 2 heterocycles. The van der Waals surface area contributed by atoms with Crippen LogP contribution in [-0.4, -0.2) is 36.1 Å². The summed E-state index contributed by atoms with van der Waals surface area (Å²) in [5, 5.41) is 3.72. The van der Waals surface area contributed by atoms with Crippen LogP contribution in [0.5, 0.6) is 0 Å². The molecule has 0 spiro atoms. The molecule has 3 atom stereocenters. The van der Waals surface area contributed by atoms with E-state index in [0.29, 0.717) is 6.04 Å². The lowest BCUT2D eigenvalue weighted by atomic mass is 9.98. The van der Waals surface area contributed by atoms with Crippen LogP contribution >= 0.6 is 0 Å². The Balaban J connectivity index is 1.47. The molecule has 1 aromatic rings. The number of hydrogen-bond acceptors (Lipinski definition) is 3. The maximum absolute atomic E-state index is 4.52. The van der Waals surface area contributed by atoms with Gasteiger partial charge < -0.3 is 10.2 Å². The van der Waals surface area contributed by atoms with Gasteiger partial charge in [-0.1, -0.05) is 0 Å². The number of aromatic nitrogens is 1. The van der Waals surface area contributed by atoms with Crippen molar-refractivity contribution in [1.29, 1.82) is 0 Å². The van der Waals surface area contributed by atoms with Gasteiger partial charge in [0, 0.05) is 25.3 Å². The molecule has 102 valence electrons. The molecule has 2 aliphatic carbocycles. The molecule has 0 radical (unpaired) electrons. The Morgan fingerprint density at radius 1 is 1.21 bits per heavy atom. The third-order valence-electron chi connectivity index (χ3n) is 5.21. The third-order valence-corrected chi connectivity index (χ3v) is 5.21. The quantitative estimate of drug-likeness (QED) is 0.902. The van der Waals surface area contributed by atoms with Crippen LogP contribution in [0.2, 0.25) is 0 Å². The normalized spacial score (nSPS) is 34.5. The van der Waals surface area contributed by atoms with E-state index in [1.54, 1.807) is 0 Å². The van der Waals surface area contributed by atoms with Gasteiger partial charge in [-0.3, -0.25) is 0 Å². The molecule has 3 nitrogen and oxygen atoms in total. The molecule has 0 bridgehead atoms. The highest BCUT2D eigenvalue weighted by Crippen LogP contribution is 2.41. The molecule has 1 aromatic heterocycles. The Morgan fingerprint density at radius 3 is 2.95 bits per heavy atom. The second kappa shape index (κ2) is 4.48. The summed E-state index contributed by atoms with van der Waals surface area (Å²) in [4.78, 5) is 7.00. The third kappa shape index (κ3) is 2.25. The SMILES string of the molecule is CN1C[C@@H]2CCC(Nc3cc(C4CC4)ccn3)[C@@H]2C1. The van der Waals surface area contributed by atoms with Crippen LogP contribution in [0.3, 0.4) is 0 Å². The molecular formula is C16H23N3. The number of hydrogen-bond donors (Lipinski definition) is 1. The van der Waals surface area contributed by atoms with E-state index in [9.17, 15) is 0 Å². The van der Waals surface area contributed by atoms with Crippen molar-refractivity contribution in [2.24, 2.45) is 11.8 Å². The molecule has 1 unspecified atom stereocenters. The van der Waals surface area contributed by atoms with Crippen LogP contribution in [0, 0.1) is 11.8 Å². The molecule has 1 aliphatic heterocycles. The van der Waals surface area contributed by atoms with Crippen LogP contribution in [0.15, 0.2) is 18.3 Å². The smallest absolute Gasteiger partial charge is 0.126 e. The van der Waals surface area contributed by atoms with Crippen LogP contribution in [0.25, 0.3) is 0 Å². The van der Waals surface area contributed by atoms with Crippen molar-refractivity contribution < 1.29 is 0 Å². The van der Waals surface area contributed by atoms with Crippen LogP contribution in [0.4, 0.5) is 5.82 Å². The molecule has 4 rings (SSSR count). The highest BCUT2D eigenvalue weighted by Gasteiger charge is 2.41. The van der Waals surface area contributed by atoms with Gasteiger partial charge in [-0.25, -0.2) is 4.98 Å². The fourth-order valence-corrected chi connectivity index (χ4v) is 4.05. The lowest BCUT2D eigenvalue weighted by Gasteiger charge is -2.21. The van der Waals surface area contributed by atoms with E-state index in [0.717, 1.165) is 23.6 Å². The summed E-state index contributed by atoms with van der Waals surface area (Å²) in [5.41, 5.74) is 1.48. The van der Waals surface area contributed by atoms with Crippen molar-refractivity contribution in [3.8, 4) is 0 Å². The zero-order chi connectivity index (χ0) is 12.8. The molecule has 3 fully saturated rings. The highest BCUT2D eigenvalue weighted by molar-refractivity contribution is 5.41. The number of nitrogens with one attached hydrogen (secondary N) is 1. The van der Waals surface area contributed by atoms with E-state index in [1.165, 1.54) is 44.3 Å². The van der Waals surface area contributed by atoms with Gasteiger partial charge in [0.1, 0.15) is 5.82 Å². The highest BCUT2D eigenvalue weighted by atomic mass is 15.1. The second-order valence-electron chi connectivity index (χ2n) is 6.72. The summed E-state index contributed by atoms with van der Waals surface area (Å²) in [6.07, 6.45) is 7.40. The van der Waals surface area contributed by atoms with E-state index in [-0.39, 0.29) is 0 Å². The van der Waals surface area contributed by atoms with E-state index < -0.39 is 0 Å². The predicted molar refractivity (Wildman–Crippen MR) is 77.3 cm³/mol. The lowest BCUT2D eigenvalue weighted by molar-refractivity contribution is 0.373. The van der Waals surface area contributed by atoms with Crippen LogP contribution in [0.1, 0.15) is 37.2 Å². The predicted octanol–water partition coefficient (Wildman–Crippen LogP) is 2.71. The van der Waals surface area contributed by atoms with Crippen molar-refractivity contribution in [2.45, 2.75) is 37.6 Å². The maximum Gasteiger partial charge on any atom is 0.126 e. The van der Waals surface area contributed by atoms with Gasteiger partial charge in [0.25, 0.3) is 0 Å². The van der Waals surface area contributed by atoms with Crippen molar-refractivity contribution in [2.75, 3.05) is 25.5 Å². The second-order valence-corrected chi connectivity index (χ2v) is 6.72. The van der Waals surface area contributed by atoms with Gasteiger partial charge in [-0.2, -0.15) is 0 Å². The fraction of sp³-hybridized carbons (Fsp3) is 0.688. The molecule has 1 N–H and O–H groups in total. The summed E-state index contributed by atoms with van der Waals surface area (Å²) >= 11 is 0. The van der Waals surface area contributed by atoms with Gasteiger partial charge >= 0.3 is 0 Å². The molecule has 19 heavy (non-hydrogen) atoms. The summed E-state index contributed by atoms with van der Waals surface area (Å²) in [6, 6.07) is 5.10. The minimum atomic E-state index is 0.636. The van der Waals surface area contributed by atoms with Gasteiger partial charge in [0.05, 0.1) is 0 Å². The molecule has 1 saturated heterocycles. The molecular weight excluding hydrogens is 234 g/mol. The number of pyridine rings is 1. The van der Waals surface area contributed by atoms with Crippen LogP contribution < -0.4 is 5.32 Å². The number of likely N-dealkylation sites (tertiary alicyclic amines) is 1. The maximum atomic E-state index is 4.52. The van der Waals surface area contributed by atoms with Crippen molar-refractivity contribution >= 4 is 5.82 Å². The van der Waals surface area contributed by atoms with Gasteiger partial charge in [0.15, 0.2) is 0 Å². The fourth-order valence-electron chi connectivity index (χ4n) is 4.05. The molecule has 2 saturated carbocycles. The Morgan fingerprint density at radius 2 is 2.11 bits per heavy atom. The van der Waals surface area contributed by atoms with Gasteiger partial charge in [-0.05, 0) is 68.2 Å². The van der Waals surface area contributed by atoms with Gasteiger partial charge in [0.2, 0.25) is 0 Å². The Labute approximate surface area is 115 Å². The Bertz CT molecular complexity index is 469. The summed E-state index contributed by atoms with van der Waals surface area (Å²) in [5.74, 6) is 3.66. The number of nitrogens with zero attached hydrogens (tertiary/aromatic N) is 2. The first kappa shape index (κ1) is 11.7.